The Morgan fingerprint density at radius 3 is 2.08 bits per heavy atom. The van der Waals surface area contributed by atoms with Crippen LogP contribution in [0.2, 0.25) is 0 Å². The van der Waals surface area contributed by atoms with Gasteiger partial charge in [0, 0.05) is 32.9 Å². The molecule has 0 saturated carbocycles. The summed E-state index contributed by atoms with van der Waals surface area (Å²) in [5.74, 6) is 0.355. The number of aliphatic imine (C=N–C) groups is 2. The number of benzene rings is 2. The molecule has 25 heavy (non-hydrogen) atoms. The van der Waals surface area contributed by atoms with E-state index in [-0.39, 0.29) is 5.75 Å². The summed E-state index contributed by atoms with van der Waals surface area (Å²) in [6.45, 7) is 0. The van der Waals surface area contributed by atoms with Gasteiger partial charge in [-0.25, -0.2) is 4.99 Å². The molecular formula is C18H18F3N3O. The van der Waals surface area contributed by atoms with Gasteiger partial charge in [-0.3, -0.25) is 4.99 Å². The summed E-state index contributed by atoms with van der Waals surface area (Å²) in [4.78, 5) is 10.3. The molecule has 0 aromatic heterocycles. The van der Waals surface area contributed by atoms with Crippen molar-refractivity contribution in [2.24, 2.45) is 9.98 Å². The van der Waals surface area contributed by atoms with E-state index in [0.29, 0.717) is 11.4 Å². The van der Waals surface area contributed by atoms with E-state index >= 15 is 0 Å². The molecule has 2 aromatic rings. The Balaban J connectivity index is 2.28. The molecule has 0 N–H and O–H groups in total. The number of hydrogen-bond acceptors (Lipinski definition) is 3. The van der Waals surface area contributed by atoms with Crippen LogP contribution in [0.3, 0.4) is 0 Å². The van der Waals surface area contributed by atoms with E-state index in [2.05, 4.69) is 14.7 Å². The molecule has 0 fully saturated rings. The van der Waals surface area contributed by atoms with Crippen molar-refractivity contribution in [2.45, 2.75) is 6.36 Å². The number of hydrogen-bond donors (Lipinski definition) is 0. The van der Waals surface area contributed by atoms with Crippen molar-refractivity contribution in [3.8, 4) is 5.75 Å². The van der Waals surface area contributed by atoms with Crippen LogP contribution >= 0.6 is 0 Å². The topological polar surface area (TPSA) is 37.2 Å². The lowest BCUT2D eigenvalue weighted by atomic mass is 10.1. The average Bonchev–Trinajstić information content (AvgIpc) is 2.54. The van der Waals surface area contributed by atoms with Crippen molar-refractivity contribution < 1.29 is 17.9 Å². The van der Waals surface area contributed by atoms with E-state index in [1.54, 1.807) is 18.2 Å². The molecule has 0 amide bonds. The Morgan fingerprint density at radius 2 is 1.60 bits per heavy atom. The minimum Gasteiger partial charge on any atom is -0.406 e. The zero-order valence-corrected chi connectivity index (χ0v) is 14.1. The van der Waals surface area contributed by atoms with E-state index in [4.69, 9.17) is 0 Å². The minimum absolute atomic E-state index is 0.266. The second-order valence-electron chi connectivity index (χ2n) is 5.38. The molecule has 4 nitrogen and oxygen atoms in total. The first-order valence-corrected chi connectivity index (χ1v) is 7.43. The first-order valence-electron chi connectivity index (χ1n) is 7.43. The molecule has 0 spiro atoms. The molecular weight excluding hydrogens is 331 g/mol. The molecule has 0 aliphatic carbocycles. The second-order valence-corrected chi connectivity index (χ2v) is 5.38. The van der Waals surface area contributed by atoms with Crippen molar-refractivity contribution in [1.82, 2.24) is 4.90 Å². The normalized spacial score (nSPS) is 12.5. The summed E-state index contributed by atoms with van der Waals surface area (Å²) < 4.78 is 40.6. The molecule has 0 bridgehead atoms. The van der Waals surface area contributed by atoms with Crippen LogP contribution in [-0.2, 0) is 0 Å². The predicted octanol–water partition coefficient (Wildman–Crippen LogP) is 4.27. The van der Waals surface area contributed by atoms with E-state index in [1.165, 1.54) is 24.3 Å². The highest BCUT2D eigenvalue weighted by molar-refractivity contribution is 6.00. The van der Waals surface area contributed by atoms with Gasteiger partial charge in [0.2, 0.25) is 0 Å². The Kier molecular flexibility index (Phi) is 5.80. The Hall–Kier alpha value is -2.83. The molecule has 7 heteroatoms. The highest BCUT2D eigenvalue weighted by Crippen LogP contribution is 2.23. The van der Waals surface area contributed by atoms with Gasteiger partial charge < -0.3 is 9.64 Å². The van der Waals surface area contributed by atoms with Crippen molar-refractivity contribution >= 4 is 17.7 Å². The highest BCUT2D eigenvalue weighted by atomic mass is 19.4. The number of ether oxygens (including phenoxy) is 1. The van der Waals surface area contributed by atoms with Crippen LogP contribution in [0.15, 0.2) is 58.5 Å². The molecule has 0 heterocycles. The largest absolute Gasteiger partial charge is 0.573 e. The van der Waals surface area contributed by atoms with Crippen molar-refractivity contribution in [3.63, 3.8) is 0 Å². The summed E-state index contributed by atoms with van der Waals surface area (Å²) in [6.07, 6.45) is -2.97. The van der Waals surface area contributed by atoms with Crippen LogP contribution in [0.5, 0.6) is 5.75 Å². The summed E-state index contributed by atoms with van der Waals surface area (Å²) in [7, 11) is 5.33. The fourth-order valence-electron chi connectivity index (χ4n) is 2.13. The smallest absolute Gasteiger partial charge is 0.406 e. The molecule has 0 unspecified atom stereocenters. The SMILES string of the molecule is CN=Cc1ccc(N=C(c2ccc(OC(F)(F)F)cc2)N(C)C)cc1. The zero-order chi connectivity index (χ0) is 18.4. The van der Waals surface area contributed by atoms with E-state index < -0.39 is 6.36 Å². The van der Waals surface area contributed by atoms with Crippen LogP contribution in [0.25, 0.3) is 0 Å². The number of rotatable bonds is 4. The number of nitrogens with zero attached hydrogens (tertiary/aromatic N) is 3. The monoisotopic (exact) mass is 349 g/mol. The molecule has 0 saturated heterocycles. The highest BCUT2D eigenvalue weighted by Gasteiger charge is 2.31. The maximum absolute atomic E-state index is 12.2. The predicted molar refractivity (Wildman–Crippen MR) is 93.0 cm³/mol. The summed E-state index contributed by atoms with van der Waals surface area (Å²) >= 11 is 0. The van der Waals surface area contributed by atoms with Gasteiger partial charge in [0.05, 0.1) is 5.69 Å². The van der Waals surface area contributed by atoms with Crippen LogP contribution in [-0.4, -0.2) is 44.5 Å². The maximum Gasteiger partial charge on any atom is 0.573 e. The van der Waals surface area contributed by atoms with E-state index in [0.717, 1.165) is 11.3 Å². The summed E-state index contributed by atoms with van der Waals surface area (Å²) in [5, 5.41) is 0. The van der Waals surface area contributed by atoms with Crippen LogP contribution in [0.1, 0.15) is 11.1 Å². The Labute approximate surface area is 144 Å². The minimum atomic E-state index is -4.70. The van der Waals surface area contributed by atoms with E-state index in [1.807, 2.05) is 38.4 Å². The van der Waals surface area contributed by atoms with Gasteiger partial charge in [-0.2, -0.15) is 0 Å². The van der Waals surface area contributed by atoms with E-state index in [9.17, 15) is 13.2 Å². The standard InChI is InChI=1S/C18H18F3N3O/c1-22-12-13-4-8-15(9-5-13)23-17(24(2)3)14-6-10-16(11-7-14)25-18(19,20)21/h4-12H,1-3H3. The fraction of sp³-hybridized carbons (Fsp3) is 0.222. The third kappa shape index (κ3) is 5.63. The van der Waals surface area contributed by atoms with Gasteiger partial charge in [-0.05, 0) is 42.0 Å². The number of halogens is 3. The number of amidine groups is 1. The molecule has 0 aliphatic heterocycles. The van der Waals surface area contributed by atoms with Crippen LogP contribution in [0, 0.1) is 0 Å². The molecule has 0 aliphatic rings. The van der Waals surface area contributed by atoms with Gasteiger partial charge in [0.1, 0.15) is 11.6 Å². The zero-order valence-electron chi connectivity index (χ0n) is 14.1. The molecule has 2 rings (SSSR count). The van der Waals surface area contributed by atoms with Gasteiger partial charge >= 0.3 is 6.36 Å². The lowest BCUT2D eigenvalue weighted by Crippen LogP contribution is -2.23. The quantitative estimate of drug-likeness (QED) is 0.610. The lowest BCUT2D eigenvalue weighted by molar-refractivity contribution is -0.274. The van der Waals surface area contributed by atoms with Crippen molar-refractivity contribution in [2.75, 3.05) is 21.1 Å². The lowest BCUT2D eigenvalue weighted by Gasteiger charge is -2.17. The van der Waals surface area contributed by atoms with Crippen LogP contribution < -0.4 is 4.74 Å². The Morgan fingerprint density at radius 1 is 1.00 bits per heavy atom. The summed E-state index contributed by atoms with van der Waals surface area (Å²) in [5.41, 5.74) is 2.37. The summed E-state index contributed by atoms with van der Waals surface area (Å²) in [6, 6.07) is 13.1. The van der Waals surface area contributed by atoms with Gasteiger partial charge in [0.25, 0.3) is 0 Å². The van der Waals surface area contributed by atoms with Crippen LogP contribution in [0.4, 0.5) is 18.9 Å². The first-order chi connectivity index (χ1) is 11.8. The third-order valence-electron chi connectivity index (χ3n) is 3.18. The molecule has 132 valence electrons. The second kappa shape index (κ2) is 7.83. The number of alkyl halides is 3. The average molecular weight is 349 g/mol. The molecule has 2 aromatic carbocycles. The van der Waals surface area contributed by atoms with Gasteiger partial charge in [-0.15, -0.1) is 13.2 Å². The fourth-order valence-corrected chi connectivity index (χ4v) is 2.13. The third-order valence-corrected chi connectivity index (χ3v) is 3.18. The van der Waals surface area contributed by atoms with Crippen molar-refractivity contribution in [3.05, 3.63) is 59.7 Å². The van der Waals surface area contributed by atoms with Gasteiger partial charge in [0.15, 0.2) is 0 Å². The van der Waals surface area contributed by atoms with Crippen molar-refractivity contribution in [1.29, 1.82) is 0 Å². The maximum atomic E-state index is 12.2. The first kappa shape index (κ1) is 18.5. The van der Waals surface area contributed by atoms with Gasteiger partial charge in [-0.1, -0.05) is 12.1 Å². The molecule has 0 radical (unpaired) electrons. The Bertz CT molecular complexity index is 749. The molecule has 0 atom stereocenters.